The number of carbonyl (C=O) groups is 2. The lowest BCUT2D eigenvalue weighted by Gasteiger charge is -2.04. The highest BCUT2D eigenvalue weighted by atomic mass is 35.5. The largest absolute Gasteiger partial charge is 0.463 e. The first-order valence-corrected chi connectivity index (χ1v) is 12.3. The van der Waals surface area contributed by atoms with Crippen LogP contribution in [-0.4, -0.2) is 31.0 Å². The molecule has 0 aliphatic heterocycles. The Morgan fingerprint density at radius 1 is 0.586 bits per heavy atom. The van der Waals surface area contributed by atoms with Crippen LogP contribution in [-0.2, 0) is 19.1 Å². The predicted molar refractivity (Wildman–Crippen MR) is 121 cm³/mol. The third kappa shape index (κ3) is 23.1. The van der Waals surface area contributed by atoms with Gasteiger partial charge in [-0.15, -0.1) is 11.6 Å². The monoisotopic (exact) mass is 430 g/mol. The Hall–Kier alpha value is -1.03. The zero-order valence-electron chi connectivity index (χ0n) is 18.6. The van der Waals surface area contributed by atoms with E-state index in [4.69, 9.17) is 21.1 Å². The SMILES string of the molecule is CCCCCCCCCCOC(=O)/C=C/C(=O)OCCCCCCCCCCCl. The minimum absolute atomic E-state index is 0.405. The topological polar surface area (TPSA) is 52.6 Å². The molecule has 0 bridgehead atoms. The maximum absolute atomic E-state index is 11.6. The summed E-state index contributed by atoms with van der Waals surface area (Å²) in [5, 5.41) is 0. The lowest BCUT2D eigenvalue weighted by Crippen LogP contribution is -2.06. The van der Waals surface area contributed by atoms with Crippen molar-refractivity contribution in [1.29, 1.82) is 0 Å². The number of ether oxygens (including phenoxy) is 2. The van der Waals surface area contributed by atoms with E-state index in [2.05, 4.69) is 6.92 Å². The first kappa shape index (κ1) is 28.0. The number of esters is 2. The molecule has 0 aliphatic carbocycles. The highest BCUT2D eigenvalue weighted by molar-refractivity contribution is 6.17. The Balaban J connectivity index is 3.42. The molecule has 0 atom stereocenters. The smallest absolute Gasteiger partial charge is 0.331 e. The molecule has 0 heterocycles. The van der Waals surface area contributed by atoms with Gasteiger partial charge in [0.05, 0.1) is 13.2 Å². The van der Waals surface area contributed by atoms with Crippen LogP contribution < -0.4 is 0 Å². The summed E-state index contributed by atoms with van der Waals surface area (Å²) in [7, 11) is 0. The molecule has 0 fully saturated rings. The van der Waals surface area contributed by atoms with Gasteiger partial charge in [-0.05, 0) is 19.3 Å². The van der Waals surface area contributed by atoms with Crippen LogP contribution >= 0.6 is 11.6 Å². The maximum Gasteiger partial charge on any atom is 0.331 e. The van der Waals surface area contributed by atoms with Crippen LogP contribution in [0, 0.1) is 0 Å². The van der Waals surface area contributed by atoms with Crippen LogP contribution in [0.1, 0.15) is 110 Å². The van der Waals surface area contributed by atoms with Crippen molar-refractivity contribution >= 4 is 23.5 Å². The summed E-state index contributed by atoms with van der Waals surface area (Å²) in [5.41, 5.74) is 0. The molecule has 4 nitrogen and oxygen atoms in total. The summed E-state index contributed by atoms with van der Waals surface area (Å²) in [6.07, 6.45) is 21.1. The fourth-order valence-electron chi connectivity index (χ4n) is 3.07. The van der Waals surface area contributed by atoms with Crippen LogP contribution in [0.3, 0.4) is 0 Å². The molecule has 0 saturated heterocycles. The fraction of sp³-hybridized carbons (Fsp3) is 0.833. The van der Waals surface area contributed by atoms with Gasteiger partial charge in [-0.3, -0.25) is 0 Å². The second-order valence-corrected chi connectivity index (χ2v) is 8.04. The van der Waals surface area contributed by atoms with Crippen molar-refractivity contribution in [3.63, 3.8) is 0 Å². The van der Waals surface area contributed by atoms with Gasteiger partial charge >= 0.3 is 11.9 Å². The third-order valence-electron chi connectivity index (χ3n) is 4.87. The number of carbonyl (C=O) groups excluding carboxylic acids is 2. The summed E-state index contributed by atoms with van der Waals surface area (Å²) in [6, 6.07) is 0. The maximum atomic E-state index is 11.6. The van der Waals surface area contributed by atoms with E-state index in [1.54, 1.807) is 0 Å². The molecule has 0 aromatic rings. The van der Waals surface area contributed by atoms with Gasteiger partial charge in [0.25, 0.3) is 0 Å². The second-order valence-electron chi connectivity index (χ2n) is 7.66. The summed E-state index contributed by atoms with van der Waals surface area (Å²) in [4.78, 5) is 23.2. The number of hydrogen-bond donors (Lipinski definition) is 0. The number of hydrogen-bond acceptors (Lipinski definition) is 4. The molecular weight excluding hydrogens is 388 g/mol. The molecule has 0 radical (unpaired) electrons. The summed E-state index contributed by atoms with van der Waals surface area (Å²) in [6.45, 7) is 3.04. The average Bonchev–Trinajstić information content (AvgIpc) is 2.72. The van der Waals surface area contributed by atoms with Crippen molar-refractivity contribution in [3.8, 4) is 0 Å². The van der Waals surface area contributed by atoms with Crippen LogP contribution in [0.25, 0.3) is 0 Å². The molecule has 0 saturated carbocycles. The van der Waals surface area contributed by atoms with E-state index in [1.165, 1.54) is 70.6 Å². The molecule has 0 aliphatic rings. The normalized spacial score (nSPS) is 11.1. The van der Waals surface area contributed by atoms with Gasteiger partial charge in [0.15, 0.2) is 0 Å². The Bertz CT molecular complexity index is 410. The van der Waals surface area contributed by atoms with Gasteiger partial charge < -0.3 is 9.47 Å². The molecule has 170 valence electrons. The zero-order valence-corrected chi connectivity index (χ0v) is 19.4. The Labute approximate surface area is 183 Å². The molecule has 0 spiro atoms. The van der Waals surface area contributed by atoms with Crippen LogP contribution in [0.15, 0.2) is 12.2 Å². The third-order valence-corrected chi connectivity index (χ3v) is 5.14. The first-order chi connectivity index (χ1) is 14.2. The molecule has 0 N–H and O–H groups in total. The second kappa shape index (κ2) is 23.3. The average molecular weight is 431 g/mol. The number of alkyl halides is 1. The summed E-state index contributed by atoms with van der Waals surface area (Å²) in [5.74, 6) is -0.189. The number of halogens is 1. The molecule has 0 amide bonds. The zero-order chi connectivity index (χ0) is 21.4. The van der Waals surface area contributed by atoms with E-state index >= 15 is 0 Å². The molecule has 0 rings (SSSR count). The lowest BCUT2D eigenvalue weighted by atomic mass is 10.1. The summed E-state index contributed by atoms with van der Waals surface area (Å²) >= 11 is 5.65. The standard InChI is InChI=1S/C24H43ClO4/c1-2-3-4-5-6-10-13-16-21-28-23(26)18-19-24(27)29-22-17-14-11-8-7-9-12-15-20-25/h18-19H,2-17,20-22H2,1H3/b19-18+. The fourth-order valence-corrected chi connectivity index (χ4v) is 3.26. The molecule has 0 aromatic carbocycles. The van der Waals surface area contributed by atoms with E-state index in [0.717, 1.165) is 50.1 Å². The Morgan fingerprint density at radius 3 is 1.31 bits per heavy atom. The number of unbranched alkanes of at least 4 members (excludes halogenated alkanes) is 14. The van der Waals surface area contributed by atoms with Crippen LogP contribution in [0.4, 0.5) is 0 Å². The molecule has 5 heteroatoms. The summed E-state index contributed by atoms with van der Waals surface area (Å²) < 4.78 is 10.2. The minimum atomic E-state index is -0.477. The lowest BCUT2D eigenvalue weighted by molar-refractivity contribution is -0.140. The van der Waals surface area contributed by atoms with E-state index in [1.807, 2.05) is 0 Å². The predicted octanol–water partition coefficient (Wildman–Crippen LogP) is 7.13. The highest BCUT2D eigenvalue weighted by Gasteiger charge is 2.01. The highest BCUT2D eigenvalue weighted by Crippen LogP contribution is 2.09. The molecular formula is C24H43ClO4. The van der Waals surface area contributed by atoms with Crippen molar-refractivity contribution in [3.05, 3.63) is 12.2 Å². The van der Waals surface area contributed by atoms with E-state index in [0.29, 0.717) is 13.2 Å². The molecule has 0 aromatic heterocycles. The minimum Gasteiger partial charge on any atom is -0.463 e. The molecule has 29 heavy (non-hydrogen) atoms. The van der Waals surface area contributed by atoms with Gasteiger partial charge in [-0.1, -0.05) is 90.4 Å². The van der Waals surface area contributed by atoms with Crippen molar-refractivity contribution in [2.75, 3.05) is 19.1 Å². The van der Waals surface area contributed by atoms with Crippen molar-refractivity contribution < 1.29 is 19.1 Å². The van der Waals surface area contributed by atoms with Crippen molar-refractivity contribution in [1.82, 2.24) is 0 Å². The Kier molecular flexibility index (Phi) is 22.4. The van der Waals surface area contributed by atoms with Gasteiger partial charge in [-0.2, -0.15) is 0 Å². The first-order valence-electron chi connectivity index (χ1n) is 11.8. The van der Waals surface area contributed by atoms with E-state index in [-0.39, 0.29) is 0 Å². The van der Waals surface area contributed by atoms with Crippen molar-refractivity contribution in [2.24, 2.45) is 0 Å². The molecule has 0 unspecified atom stereocenters. The van der Waals surface area contributed by atoms with E-state index in [9.17, 15) is 9.59 Å². The van der Waals surface area contributed by atoms with Gasteiger partial charge in [0.1, 0.15) is 0 Å². The van der Waals surface area contributed by atoms with Crippen LogP contribution in [0.5, 0.6) is 0 Å². The van der Waals surface area contributed by atoms with E-state index < -0.39 is 11.9 Å². The van der Waals surface area contributed by atoms with Gasteiger partial charge in [0.2, 0.25) is 0 Å². The van der Waals surface area contributed by atoms with Gasteiger partial charge in [-0.25, -0.2) is 9.59 Å². The van der Waals surface area contributed by atoms with Crippen molar-refractivity contribution in [2.45, 2.75) is 110 Å². The van der Waals surface area contributed by atoms with Crippen LogP contribution in [0.2, 0.25) is 0 Å². The Morgan fingerprint density at radius 2 is 0.931 bits per heavy atom. The van der Waals surface area contributed by atoms with Gasteiger partial charge in [0, 0.05) is 18.0 Å². The quantitative estimate of drug-likeness (QED) is 0.0840. The number of rotatable bonds is 21.